The highest BCUT2D eigenvalue weighted by atomic mass is 16.5. The van der Waals surface area contributed by atoms with Crippen molar-refractivity contribution in [1.82, 2.24) is 10.2 Å². The van der Waals surface area contributed by atoms with E-state index in [0.717, 1.165) is 38.8 Å². The Morgan fingerprint density at radius 3 is 2.45 bits per heavy atom. The molecule has 3 nitrogen and oxygen atoms in total. The SMILES string of the molecule is CCCNCC(CC)(CC)CN(C)CCOCC1CC1. The molecule has 1 N–H and O–H groups in total. The van der Waals surface area contributed by atoms with Crippen LogP contribution in [0.5, 0.6) is 0 Å². The fourth-order valence-electron chi connectivity index (χ4n) is 2.72. The maximum Gasteiger partial charge on any atom is 0.0593 e. The average Bonchev–Trinajstić information content (AvgIpc) is 3.27. The van der Waals surface area contributed by atoms with Gasteiger partial charge in [-0.1, -0.05) is 20.8 Å². The van der Waals surface area contributed by atoms with Crippen LogP contribution in [0.15, 0.2) is 0 Å². The third kappa shape index (κ3) is 7.05. The third-order valence-electron chi connectivity index (χ3n) is 4.70. The molecular formula is C17H36N2O. The van der Waals surface area contributed by atoms with Crippen LogP contribution in [-0.4, -0.2) is 51.3 Å². The minimum absolute atomic E-state index is 0.417. The van der Waals surface area contributed by atoms with E-state index >= 15 is 0 Å². The molecule has 0 aromatic rings. The molecule has 0 bridgehead atoms. The van der Waals surface area contributed by atoms with E-state index in [1.807, 2.05) is 0 Å². The van der Waals surface area contributed by atoms with Gasteiger partial charge in [-0.25, -0.2) is 0 Å². The predicted molar refractivity (Wildman–Crippen MR) is 87.2 cm³/mol. The minimum atomic E-state index is 0.417. The molecule has 0 unspecified atom stereocenters. The molecule has 20 heavy (non-hydrogen) atoms. The summed E-state index contributed by atoms with van der Waals surface area (Å²) in [5.41, 5.74) is 0.417. The summed E-state index contributed by atoms with van der Waals surface area (Å²) >= 11 is 0. The van der Waals surface area contributed by atoms with E-state index in [1.165, 1.54) is 38.6 Å². The smallest absolute Gasteiger partial charge is 0.0593 e. The van der Waals surface area contributed by atoms with Crippen LogP contribution >= 0.6 is 0 Å². The summed E-state index contributed by atoms with van der Waals surface area (Å²) in [5, 5.41) is 3.62. The van der Waals surface area contributed by atoms with E-state index in [-0.39, 0.29) is 0 Å². The van der Waals surface area contributed by atoms with Crippen molar-refractivity contribution in [2.75, 3.05) is 46.4 Å². The molecule has 0 amide bonds. The molecule has 0 aromatic heterocycles. The van der Waals surface area contributed by atoms with Crippen LogP contribution in [0.3, 0.4) is 0 Å². The van der Waals surface area contributed by atoms with Crippen molar-refractivity contribution in [1.29, 1.82) is 0 Å². The highest BCUT2D eigenvalue weighted by Crippen LogP contribution is 2.29. The molecule has 1 aliphatic carbocycles. The second kappa shape index (κ2) is 9.75. The van der Waals surface area contributed by atoms with Crippen molar-refractivity contribution in [2.45, 2.75) is 52.9 Å². The zero-order valence-corrected chi connectivity index (χ0v) is 14.2. The largest absolute Gasteiger partial charge is 0.380 e. The number of ether oxygens (including phenoxy) is 1. The maximum atomic E-state index is 5.75. The van der Waals surface area contributed by atoms with Crippen molar-refractivity contribution in [3.05, 3.63) is 0 Å². The van der Waals surface area contributed by atoms with E-state index < -0.39 is 0 Å². The lowest BCUT2D eigenvalue weighted by Crippen LogP contribution is -2.43. The molecule has 1 aliphatic rings. The number of likely N-dealkylation sites (N-methyl/N-ethyl adjacent to an activating group) is 1. The van der Waals surface area contributed by atoms with Crippen LogP contribution in [0.1, 0.15) is 52.9 Å². The molecule has 120 valence electrons. The molecule has 1 saturated carbocycles. The van der Waals surface area contributed by atoms with E-state index in [1.54, 1.807) is 0 Å². The molecule has 0 radical (unpaired) electrons. The first-order valence-corrected chi connectivity index (χ1v) is 8.62. The van der Waals surface area contributed by atoms with Crippen LogP contribution in [0.25, 0.3) is 0 Å². The van der Waals surface area contributed by atoms with Gasteiger partial charge in [-0.3, -0.25) is 0 Å². The van der Waals surface area contributed by atoms with Gasteiger partial charge in [0, 0.05) is 26.2 Å². The topological polar surface area (TPSA) is 24.5 Å². The highest BCUT2D eigenvalue weighted by Gasteiger charge is 2.27. The number of rotatable bonds is 13. The second-order valence-electron chi connectivity index (χ2n) is 6.64. The summed E-state index contributed by atoms with van der Waals surface area (Å²) in [7, 11) is 2.24. The summed E-state index contributed by atoms with van der Waals surface area (Å²) in [5.74, 6) is 0.879. The molecule has 0 atom stereocenters. The zero-order chi connectivity index (χ0) is 14.8. The Morgan fingerprint density at radius 1 is 1.20 bits per heavy atom. The van der Waals surface area contributed by atoms with E-state index in [9.17, 15) is 0 Å². The first kappa shape index (κ1) is 17.9. The normalized spacial score (nSPS) is 16.1. The number of nitrogens with zero attached hydrogens (tertiary/aromatic N) is 1. The van der Waals surface area contributed by atoms with Gasteiger partial charge in [0.2, 0.25) is 0 Å². The summed E-state index contributed by atoms with van der Waals surface area (Å²) in [6, 6.07) is 0. The van der Waals surface area contributed by atoms with Gasteiger partial charge < -0.3 is 15.0 Å². The van der Waals surface area contributed by atoms with Crippen molar-refractivity contribution in [3.63, 3.8) is 0 Å². The lowest BCUT2D eigenvalue weighted by molar-refractivity contribution is 0.0832. The average molecular weight is 284 g/mol. The molecule has 0 aliphatic heterocycles. The zero-order valence-electron chi connectivity index (χ0n) is 14.2. The van der Waals surface area contributed by atoms with Gasteiger partial charge in [0.05, 0.1) is 6.61 Å². The molecule has 0 heterocycles. The minimum Gasteiger partial charge on any atom is -0.380 e. The first-order valence-electron chi connectivity index (χ1n) is 8.62. The Morgan fingerprint density at radius 2 is 1.90 bits per heavy atom. The molecule has 0 aromatic carbocycles. The van der Waals surface area contributed by atoms with Crippen LogP contribution in [-0.2, 0) is 4.74 Å². The fraction of sp³-hybridized carbons (Fsp3) is 1.00. The van der Waals surface area contributed by atoms with Gasteiger partial charge in [0.1, 0.15) is 0 Å². The number of nitrogens with one attached hydrogen (secondary N) is 1. The molecule has 1 rings (SSSR count). The van der Waals surface area contributed by atoms with Crippen LogP contribution in [0, 0.1) is 11.3 Å². The second-order valence-corrected chi connectivity index (χ2v) is 6.64. The van der Waals surface area contributed by atoms with Crippen molar-refractivity contribution in [2.24, 2.45) is 11.3 Å². The van der Waals surface area contributed by atoms with Gasteiger partial charge in [0.15, 0.2) is 0 Å². The maximum absolute atomic E-state index is 5.75. The molecule has 0 spiro atoms. The Labute approximate surface area is 126 Å². The predicted octanol–water partition coefficient (Wildman–Crippen LogP) is 3.15. The molecule has 3 heteroatoms. The lowest BCUT2D eigenvalue weighted by atomic mass is 9.81. The van der Waals surface area contributed by atoms with E-state index in [0.29, 0.717) is 5.41 Å². The Hall–Kier alpha value is -0.120. The number of hydrogen-bond acceptors (Lipinski definition) is 3. The van der Waals surface area contributed by atoms with Crippen LogP contribution in [0.2, 0.25) is 0 Å². The Kier molecular flexibility index (Phi) is 8.74. The van der Waals surface area contributed by atoms with Crippen LogP contribution in [0.4, 0.5) is 0 Å². The first-order chi connectivity index (χ1) is 9.65. The van der Waals surface area contributed by atoms with Gasteiger partial charge in [0.25, 0.3) is 0 Å². The number of hydrogen-bond donors (Lipinski definition) is 1. The summed E-state index contributed by atoms with van der Waals surface area (Å²) in [6.07, 6.45) is 6.47. The van der Waals surface area contributed by atoms with Gasteiger partial charge in [-0.15, -0.1) is 0 Å². The van der Waals surface area contributed by atoms with Gasteiger partial charge in [-0.05, 0) is 57.0 Å². The molecular weight excluding hydrogens is 248 g/mol. The third-order valence-corrected chi connectivity index (χ3v) is 4.70. The van der Waals surface area contributed by atoms with Gasteiger partial charge in [-0.2, -0.15) is 0 Å². The van der Waals surface area contributed by atoms with E-state index in [2.05, 4.69) is 38.0 Å². The van der Waals surface area contributed by atoms with Gasteiger partial charge >= 0.3 is 0 Å². The summed E-state index contributed by atoms with van der Waals surface area (Å²) in [4.78, 5) is 2.45. The molecule has 1 fully saturated rings. The monoisotopic (exact) mass is 284 g/mol. The Bertz CT molecular complexity index is 237. The van der Waals surface area contributed by atoms with Crippen LogP contribution < -0.4 is 5.32 Å². The van der Waals surface area contributed by atoms with Crippen molar-refractivity contribution >= 4 is 0 Å². The quantitative estimate of drug-likeness (QED) is 0.526. The standard InChI is InChI=1S/C17H36N2O/c1-5-10-18-14-17(6-2,7-3)15-19(4)11-12-20-13-16-8-9-16/h16,18H,5-15H2,1-4H3. The summed E-state index contributed by atoms with van der Waals surface area (Å²) in [6.45, 7) is 13.3. The Balaban J connectivity index is 2.22. The summed E-state index contributed by atoms with van der Waals surface area (Å²) < 4.78 is 5.75. The lowest BCUT2D eigenvalue weighted by Gasteiger charge is -2.36. The highest BCUT2D eigenvalue weighted by molar-refractivity contribution is 4.82. The molecule has 0 saturated heterocycles. The van der Waals surface area contributed by atoms with Crippen molar-refractivity contribution < 1.29 is 4.74 Å². The van der Waals surface area contributed by atoms with Crippen molar-refractivity contribution in [3.8, 4) is 0 Å². The fourth-order valence-corrected chi connectivity index (χ4v) is 2.72. The van der Waals surface area contributed by atoms with E-state index in [4.69, 9.17) is 4.74 Å².